The lowest BCUT2D eigenvalue weighted by molar-refractivity contribution is 0.102. The minimum atomic E-state index is -4.46. The zero-order valence-corrected chi connectivity index (χ0v) is 14.5. The van der Waals surface area contributed by atoms with E-state index in [1.807, 2.05) is 36.4 Å². The van der Waals surface area contributed by atoms with Crippen molar-refractivity contribution < 1.29 is 18.9 Å². The van der Waals surface area contributed by atoms with E-state index in [0.29, 0.717) is 18.4 Å². The van der Waals surface area contributed by atoms with Crippen LogP contribution < -0.4 is 4.90 Å². The molecule has 2 aromatic carbocycles. The van der Waals surface area contributed by atoms with Gasteiger partial charge in [-0.1, -0.05) is 24.3 Å². The van der Waals surface area contributed by atoms with Crippen molar-refractivity contribution in [2.24, 2.45) is 0 Å². The Morgan fingerprint density at radius 3 is 2.32 bits per heavy atom. The summed E-state index contributed by atoms with van der Waals surface area (Å²) in [5.74, 6) is 0. The Morgan fingerprint density at radius 1 is 1.08 bits per heavy atom. The Bertz CT molecular complexity index is 890. The topological polar surface area (TPSA) is 93.8 Å². The molecular weight excluding hydrogens is 339 g/mol. The fourth-order valence-corrected chi connectivity index (χ4v) is 4.97. The number of phosphoric ester groups is 1. The summed E-state index contributed by atoms with van der Waals surface area (Å²) >= 11 is 0. The maximum absolute atomic E-state index is 11.2. The smallest absolute Gasteiger partial charge is 0.365 e. The third kappa shape index (κ3) is 3.05. The molecule has 2 aliphatic heterocycles. The Kier molecular flexibility index (Phi) is 4.05. The summed E-state index contributed by atoms with van der Waals surface area (Å²) in [5, 5.41) is 11.3. The molecule has 2 N–H and O–H groups in total. The number of nitriles is 1. The molecule has 2 aliphatic rings. The van der Waals surface area contributed by atoms with Gasteiger partial charge in [-0.05, 0) is 37.8 Å². The van der Waals surface area contributed by atoms with Gasteiger partial charge in [0.25, 0.3) is 0 Å². The highest BCUT2D eigenvalue weighted by Gasteiger charge is 2.43. The van der Waals surface area contributed by atoms with E-state index < -0.39 is 13.9 Å². The van der Waals surface area contributed by atoms with Crippen molar-refractivity contribution >= 4 is 24.3 Å². The SMILES string of the molecule is N#Cc1ccc(N2[C@@H]3CC[C@H]2C[C@@H](OP(=O)(O)O)C3)c2ccccc12. The Labute approximate surface area is 145 Å². The molecule has 0 radical (unpaired) electrons. The Morgan fingerprint density at radius 2 is 1.72 bits per heavy atom. The average molecular weight is 358 g/mol. The highest BCUT2D eigenvalue weighted by atomic mass is 31.2. The first-order valence-electron chi connectivity index (χ1n) is 8.40. The van der Waals surface area contributed by atoms with E-state index in [2.05, 4.69) is 11.0 Å². The number of hydrogen-bond donors (Lipinski definition) is 2. The molecule has 25 heavy (non-hydrogen) atoms. The van der Waals surface area contributed by atoms with Gasteiger partial charge in [0.15, 0.2) is 0 Å². The van der Waals surface area contributed by atoms with Crippen LogP contribution in [0.3, 0.4) is 0 Å². The van der Waals surface area contributed by atoms with Gasteiger partial charge < -0.3 is 14.7 Å². The van der Waals surface area contributed by atoms with Crippen LogP contribution in [0, 0.1) is 11.3 Å². The van der Waals surface area contributed by atoms with Crippen LogP contribution in [0.5, 0.6) is 0 Å². The third-order valence-electron chi connectivity index (χ3n) is 5.28. The lowest BCUT2D eigenvalue weighted by Gasteiger charge is -2.40. The number of rotatable bonds is 3. The second-order valence-corrected chi connectivity index (χ2v) is 7.96. The average Bonchev–Trinajstić information content (AvgIpc) is 2.83. The number of nitrogens with zero attached hydrogens (tertiary/aromatic N) is 2. The number of piperidine rings is 1. The zero-order valence-electron chi connectivity index (χ0n) is 13.6. The van der Waals surface area contributed by atoms with Gasteiger partial charge in [-0.25, -0.2) is 4.57 Å². The van der Waals surface area contributed by atoms with E-state index in [4.69, 9.17) is 14.3 Å². The van der Waals surface area contributed by atoms with Crippen molar-refractivity contribution in [2.45, 2.75) is 43.9 Å². The second kappa shape index (κ2) is 6.12. The minimum Gasteiger partial charge on any atom is -0.365 e. The molecule has 7 heteroatoms. The number of benzene rings is 2. The summed E-state index contributed by atoms with van der Waals surface area (Å²) in [7, 11) is -4.46. The van der Waals surface area contributed by atoms with Crippen molar-refractivity contribution in [3.8, 4) is 6.07 Å². The fraction of sp³-hybridized carbons (Fsp3) is 0.389. The largest absolute Gasteiger partial charge is 0.469 e. The first-order chi connectivity index (χ1) is 12.0. The monoisotopic (exact) mass is 358 g/mol. The molecule has 0 spiro atoms. The van der Waals surface area contributed by atoms with E-state index in [0.717, 1.165) is 29.3 Å². The van der Waals surface area contributed by atoms with E-state index in [1.165, 1.54) is 0 Å². The van der Waals surface area contributed by atoms with Crippen LogP contribution in [0.25, 0.3) is 10.8 Å². The van der Waals surface area contributed by atoms with Gasteiger partial charge in [-0.15, -0.1) is 0 Å². The molecule has 0 saturated carbocycles. The normalized spacial score (nSPS) is 26.0. The van der Waals surface area contributed by atoms with Gasteiger partial charge in [0.05, 0.1) is 17.7 Å². The van der Waals surface area contributed by atoms with Gasteiger partial charge in [-0.3, -0.25) is 4.52 Å². The summed E-state index contributed by atoms with van der Waals surface area (Å²) in [6, 6.07) is 14.4. The number of hydrogen-bond acceptors (Lipinski definition) is 4. The molecule has 6 nitrogen and oxygen atoms in total. The van der Waals surface area contributed by atoms with Gasteiger partial charge in [0.1, 0.15) is 0 Å². The number of fused-ring (bicyclic) bond motifs is 3. The van der Waals surface area contributed by atoms with Gasteiger partial charge in [0, 0.05) is 28.5 Å². The van der Waals surface area contributed by atoms with E-state index in [9.17, 15) is 9.83 Å². The quantitative estimate of drug-likeness (QED) is 0.818. The molecule has 0 amide bonds. The molecule has 0 aliphatic carbocycles. The van der Waals surface area contributed by atoms with Gasteiger partial charge >= 0.3 is 7.82 Å². The van der Waals surface area contributed by atoms with E-state index in [1.54, 1.807) is 0 Å². The summed E-state index contributed by atoms with van der Waals surface area (Å²) in [4.78, 5) is 20.5. The van der Waals surface area contributed by atoms with Crippen LogP contribution in [0.4, 0.5) is 5.69 Å². The standard InChI is InChI=1S/C18H19N2O4P/c19-11-12-5-8-18(17-4-2-1-3-16(12)17)20-13-6-7-14(20)10-15(9-13)24-25(21,22)23/h1-5,8,13-15H,6-7,9-10H2,(H2,21,22,23)/t13-,14+,15+. The summed E-state index contributed by atoms with van der Waals surface area (Å²) in [6.07, 6.45) is 2.78. The molecule has 2 saturated heterocycles. The predicted molar refractivity (Wildman–Crippen MR) is 94.1 cm³/mol. The van der Waals surface area contributed by atoms with Crippen LogP contribution in [-0.2, 0) is 9.09 Å². The summed E-state index contributed by atoms with van der Waals surface area (Å²) in [5.41, 5.74) is 1.75. The molecule has 3 atom stereocenters. The Hall–Kier alpha value is -1.90. The number of anilines is 1. The Balaban J connectivity index is 1.70. The van der Waals surface area contributed by atoms with Gasteiger partial charge in [0.2, 0.25) is 0 Å². The minimum absolute atomic E-state index is 0.201. The number of phosphoric acid groups is 1. The van der Waals surface area contributed by atoms with Crippen LogP contribution >= 0.6 is 7.82 Å². The molecule has 2 fully saturated rings. The molecule has 2 aromatic rings. The predicted octanol–water partition coefficient (Wildman–Crippen LogP) is 3.32. The van der Waals surface area contributed by atoms with E-state index >= 15 is 0 Å². The van der Waals surface area contributed by atoms with Gasteiger partial charge in [-0.2, -0.15) is 5.26 Å². The van der Waals surface area contributed by atoms with Crippen molar-refractivity contribution in [3.05, 3.63) is 42.0 Å². The molecule has 2 heterocycles. The van der Waals surface area contributed by atoms with Crippen molar-refractivity contribution in [1.29, 1.82) is 5.26 Å². The summed E-state index contributed by atoms with van der Waals surface area (Å²) in [6.45, 7) is 0. The maximum Gasteiger partial charge on any atom is 0.469 e. The summed E-state index contributed by atoms with van der Waals surface area (Å²) < 4.78 is 16.1. The van der Waals surface area contributed by atoms with Crippen LogP contribution in [0.15, 0.2) is 36.4 Å². The molecular formula is C18H19N2O4P. The highest BCUT2D eigenvalue weighted by molar-refractivity contribution is 7.46. The molecule has 130 valence electrons. The molecule has 4 rings (SSSR count). The fourth-order valence-electron chi connectivity index (χ4n) is 4.41. The highest BCUT2D eigenvalue weighted by Crippen LogP contribution is 2.47. The van der Waals surface area contributed by atoms with E-state index in [-0.39, 0.29) is 12.1 Å². The van der Waals surface area contributed by atoms with Crippen LogP contribution in [0.1, 0.15) is 31.2 Å². The molecule has 0 aromatic heterocycles. The first kappa shape index (κ1) is 16.6. The zero-order chi connectivity index (χ0) is 17.6. The second-order valence-electron chi connectivity index (χ2n) is 6.77. The maximum atomic E-state index is 11.2. The molecule has 0 unspecified atom stereocenters. The lowest BCUT2D eigenvalue weighted by atomic mass is 9.96. The van der Waals surface area contributed by atoms with Crippen molar-refractivity contribution in [1.82, 2.24) is 0 Å². The third-order valence-corrected chi connectivity index (χ3v) is 5.85. The van der Waals surface area contributed by atoms with Crippen molar-refractivity contribution in [3.63, 3.8) is 0 Å². The van der Waals surface area contributed by atoms with Crippen molar-refractivity contribution in [2.75, 3.05) is 4.90 Å². The van der Waals surface area contributed by atoms with Crippen LogP contribution in [0.2, 0.25) is 0 Å². The van der Waals surface area contributed by atoms with Crippen LogP contribution in [-0.4, -0.2) is 28.0 Å². The first-order valence-corrected chi connectivity index (χ1v) is 9.93. The molecule has 2 bridgehead atoms. The lowest BCUT2D eigenvalue weighted by Crippen LogP contribution is -2.45.